The first-order chi connectivity index (χ1) is 30.8. The maximum Gasteiger partial charge on any atom is 0.343 e. The third-order valence-corrected chi connectivity index (χ3v) is 10.3. The fourth-order valence-corrected chi connectivity index (χ4v) is 6.90. The van der Waals surface area contributed by atoms with Crippen LogP contribution in [0, 0.1) is 0 Å². The van der Waals surface area contributed by atoms with E-state index in [1.807, 2.05) is 12.1 Å². The van der Waals surface area contributed by atoms with Crippen molar-refractivity contribution in [2.45, 2.75) is 51.4 Å². The number of nitrogens with one attached hydrogen (secondary N) is 1. The van der Waals surface area contributed by atoms with Gasteiger partial charge in [0.25, 0.3) is 0 Å². The molecule has 63 heavy (non-hydrogen) atoms. The van der Waals surface area contributed by atoms with Crippen LogP contribution in [0.2, 0.25) is 0 Å². The SMILES string of the molecule is C=CC(=O)OCCCCCCOc1ccc(C(=O)Oc2ccc(OC(=O)c3ccc(OCCCCCCOC(=O)C=C)cc3)c(/C=N/Nc3nc4c5c(ccc4s3)=NCN=5)c2)cc1. The minimum Gasteiger partial charge on any atom is -0.494 e. The maximum absolute atomic E-state index is 13.4. The molecule has 0 bridgehead atoms. The molecular formula is C47H47N5O10S. The first-order valence-corrected chi connectivity index (χ1v) is 21.3. The molecule has 1 aromatic heterocycles. The number of carbonyl (C=O) groups excluding carboxylic acids is 4. The lowest BCUT2D eigenvalue weighted by Crippen LogP contribution is -2.21. The van der Waals surface area contributed by atoms with E-state index in [0.29, 0.717) is 66.4 Å². The number of hydrogen-bond acceptors (Lipinski definition) is 16. The summed E-state index contributed by atoms with van der Waals surface area (Å²) < 4.78 is 34.1. The quantitative estimate of drug-likeness (QED) is 0.0151. The highest BCUT2D eigenvalue weighted by molar-refractivity contribution is 7.22. The summed E-state index contributed by atoms with van der Waals surface area (Å²) in [6.45, 7) is 8.85. The third kappa shape index (κ3) is 13.9. The van der Waals surface area contributed by atoms with Gasteiger partial charge in [-0.05, 0) is 130 Å². The van der Waals surface area contributed by atoms with Gasteiger partial charge < -0.3 is 28.4 Å². The Morgan fingerprint density at radius 1 is 0.651 bits per heavy atom. The molecule has 15 nitrogen and oxygen atoms in total. The molecule has 5 aromatic rings. The largest absolute Gasteiger partial charge is 0.494 e. The maximum atomic E-state index is 13.4. The summed E-state index contributed by atoms with van der Waals surface area (Å²) in [5.74, 6) is -0.470. The van der Waals surface area contributed by atoms with Crippen molar-refractivity contribution in [3.63, 3.8) is 0 Å². The number of thiazole rings is 1. The topological polar surface area (TPSA) is 186 Å². The Bertz CT molecular complexity index is 2560. The number of nitrogens with zero attached hydrogens (tertiary/aromatic N) is 4. The number of fused-ring (bicyclic) bond motifs is 3. The highest BCUT2D eigenvalue weighted by Crippen LogP contribution is 2.27. The average molecular weight is 874 g/mol. The lowest BCUT2D eigenvalue weighted by Gasteiger charge is -2.11. The van der Waals surface area contributed by atoms with Crippen molar-refractivity contribution >= 4 is 56.8 Å². The van der Waals surface area contributed by atoms with Gasteiger partial charge in [0.1, 0.15) is 40.5 Å². The molecule has 1 aliphatic heterocycles. The van der Waals surface area contributed by atoms with Gasteiger partial charge in [0.05, 0.1) is 53.8 Å². The number of anilines is 1. The van der Waals surface area contributed by atoms with Crippen LogP contribution >= 0.6 is 11.3 Å². The molecule has 2 heterocycles. The van der Waals surface area contributed by atoms with E-state index in [0.717, 1.165) is 84.4 Å². The van der Waals surface area contributed by atoms with Crippen LogP contribution in [0.25, 0.3) is 10.2 Å². The summed E-state index contributed by atoms with van der Waals surface area (Å²) in [5, 5.41) is 6.44. The molecule has 6 rings (SSSR count). The zero-order valence-electron chi connectivity index (χ0n) is 34.6. The fourth-order valence-electron chi connectivity index (χ4n) is 6.08. The number of esters is 4. The number of ether oxygens (including phenoxy) is 6. The molecule has 0 radical (unpaired) electrons. The van der Waals surface area contributed by atoms with Crippen molar-refractivity contribution in [3.8, 4) is 23.0 Å². The van der Waals surface area contributed by atoms with Gasteiger partial charge in [-0.2, -0.15) is 5.10 Å². The zero-order chi connectivity index (χ0) is 44.2. The highest BCUT2D eigenvalue weighted by Gasteiger charge is 2.16. The standard InChI is InChI=1S/C47H47N5O10S/c1-3-41(53)59-27-11-7-5-9-25-57-35-17-13-32(14-18-35)45(55)61-37-21-23-39(34(29-37)30-50-52-47-51-44-40(63-47)24-22-38-43(44)49-31-48-38)62-46(56)33-15-19-36(20-16-33)58-26-10-6-8-12-28-60-42(54)4-2/h3-4,13-24,29-30H,1-2,5-12,25-28,31H2,(H,51,52)/b50-30+. The molecule has 0 unspecified atom stereocenters. The molecule has 0 atom stereocenters. The lowest BCUT2D eigenvalue weighted by atomic mass is 10.2. The van der Waals surface area contributed by atoms with Crippen molar-refractivity contribution in [2.24, 2.45) is 15.1 Å². The molecule has 326 valence electrons. The highest BCUT2D eigenvalue weighted by atomic mass is 32.1. The second-order valence-electron chi connectivity index (χ2n) is 13.9. The predicted molar refractivity (Wildman–Crippen MR) is 237 cm³/mol. The van der Waals surface area contributed by atoms with Crippen LogP contribution in [-0.4, -0.2) is 68.2 Å². The van der Waals surface area contributed by atoms with Gasteiger partial charge in [0.2, 0.25) is 5.13 Å². The number of unbranched alkanes of at least 4 members (excludes halogenated alkanes) is 6. The number of benzene rings is 4. The number of rotatable bonds is 25. The summed E-state index contributed by atoms with van der Waals surface area (Å²) >= 11 is 1.40. The van der Waals surface area contributed by atoms with Gasteiger partial charge in [-0.25, -0.2) is 24.2 Å². The summed E-state index contributed by atoms with van der Waals surface area (Å²) in [4.78, 5) is 62.3. The molecule has 4 aromatic carbocycles. The fraction of sp³-hybridized carbons (Fsp3) is 0.277. The minimum atomic E-state index is -0.617. The zero-order valence-corrected chi connectivity index (χ0v) is 35.4. The van der Waals surface area contributed by atoms with E-state index in [9.17, 15) is 19.2 Å². The average Bonchev–Trinajstić information content (AvgIpc) is 3.96. The molecule has 0 spiro atoms. The Labute approximate surface area is 367 Å². The van der Waals surface area contributed by atoms with Crippen LogP contribution < -0.4 is 35.1 Å². The second-order valence-corrected chi connectivity index (χ2v) is 15.0. The van der Waals surface area contributed by atoms with E-state index >= 15 is 0 Å². The molecule has 0 fully saturated rings. The summed E-state index contributed by atoms with van der Waals surface area (Å²) in [7, 11) is 0. The summed E-state index contributed by atoms with van der Waals surface area (Å²) in [6, 6.07) is 21.7. The summed E-state index contributed by atoms with van der Waals surface area (Å²) in [5.41, 5.74) is 4.63. The summed E-state index contributed by atoms with van der Waals surface area (Å²) in [6.07, 6.45) is 10.6. The second kappa shape index (κ2) is 23.7. The van der Waals surface area contributed by atoms with Gasteiger partial charge >= 0.3 is 23.9 Å². The predicted octanol–water partition coefficient (Wildman–Crippen LogP) is 7.73. The first-order valence-electron chi connectivity index (χ1n) is 20.5. The van der Waals surface area contributed by atoms with Crippen molar-refractivity contribution in [1.29, 1.82) is 0 Å². The van der Waals surface area contributed by atoms with Crippen LogP contribution in [0.15, 0.2) is 119 Å². The van der Waals surface area contributed by atoms with Gasteiger partial charge in [-0.1, -0.05) is 24.5 Å². The first kappa shape index (κ1) is 45.3. The minimum absolute atomic E-state index is 0.171. The van der Waals surface area contributed by atoms with E-state index < -0.39 is 23.9 Å². The molecule has 1 N–H and O–H groups in total. The van der Waals surface area contributed by atoms with Crippen molar-refractivity contribution in [1.82, 2.24) is 4.98 Å². The van der Waals surface area contributed by atoms with Gasteiger partial charge in [0.15, 0.2) is 0 Å². The van der Waals surface area contributed by atoms with Gasteiger partial charge in [-0.3, -0.25) is 15.4 Å². The number of aromatic nitrogens is 1. The Balaban J connectivity index is 1.05. The molecule has 16 heteroatoms. The van der Waals surface area contributed by atoms with Crippen LogP contribution in [0.3, 0.4) is 0 Å². The van der Waals surface area contributed by atoms with Crippen molar-refractivity contribution < 1.29 is 47.6 Å². The molecule has 0 saturated heterocycles. The number of hydrazone groups is 1. The van der Waals surface area contributed by atoms with Gasteiger partial charge in [0, 0.05) is 17.7 Å². The van der Waals surface area contributed by atoms with Crippen LogP contribution in [0.1, 0.15) is 77.6 Å². The molecular weight excluding hydrogens is 827 g/mol. The van der Waals surface area contributed by atoms with Crippen molar-refractivity contribution in [3.05, 3.63) is 132 Å². The van der Waals surface area contributed by atoms with Crippen molar-refractivity contribution in [2.75, 3.05) is 38.5 Å². The molecule has 0 amide bonds. The third-order valence-electron chi connectivity index (χ3n) is 9.36. The van der Waals surface area contributed by atoms with E-state index in [2.05, 4.69) is 38.7 Å². The lowest BCUT2D eigenvalue weighted by molar-refractivity contribution is -0.138. The Morgan fingerprint density at radius 2 is 1.21 bits per heavy atom. The normalized spacial score (nSPS) is 11.5. The van der Waals surface area contributed by atoms with E-state index in [4.69, 9.17) is 28.4 Å². The monoisotopic (exact) mass is 873 g/mol. The van der Waals surface area contributed by atoms with E-state index in [1.165, 1.54) is 29.7 Å². The van der Waals surface area contributed by atoms with E-state index in [-0.39, 0.29) is 11.5 Å². The number of carbonyl (C=O) groups is 4. The molecule has 1 aliphatic rings. The van der Waals surface area contributed by atoms with Crippen LogP contribution in [0.5, 0.6) is 23.0 Å². The Hall–Kier alpha value is -7.20. The van der Waals surface area contributed by atoms with Gasteiger partial charge in [-0.15, -0.1) is 0 Å². The van der Waals surface area contributed by atoms with Crippen LogP contribution in [-0.2, 0) is 19.1 Å². The molecule has 0 saturated carbocycles. The Morgan fingerprint density at radius 3 is 1.79 bits per heavy atom. The van der Waals surface area contributed by atoms with E-state index in [1.54, 1.807) is 54.6 Å². The Kier molecular flexibility index (Phi) is 17.1. The molecule has 0 aliphatic carbocycles. The number of hydrogen-bond donors (Lipinski definition) is 1. The smallest absolute Gasteiger partial charge is 0.343 e. The van der Waals surface area contributed by atoms with Crippen LogP contribution in [0.4, 0.5) is 5.13 Å².